The van der Waals surface area contributed by atoms with Crippen molar-refractivity contribution >= 4 is 5.91 Å². The van der Waals surface area contributed by atoms with Crippen LogP contribution >= 0.6 is 0 Å². The Balaban J connectivity index is 1.60. The molecule has 0 saturated carbocycles. The molecule has 7 heteroatoms. The minimum Gasteiger partial charge on any atom is -0.461 e. The Morgan fingerprint density at radius 2 is 1.90 bits per heavy atom. The molecule has 7 nitrogen and oxygen atoms in total. The number of hydrogen-bond acceptors (Lipinski definition) is 5. The van der Waals surface area contributed by atoms with Gasteiger partial charge in [-0.25, -0.2) is 0 Å². The van der Waals surface area contributed by atoms with Crippen LogP contribution in [0.5, 0.6) is 0 Å². The molecule has 3 rings (SSSR count). The maximum absolute atomic E-state index is 12.3. The highest BCUT2D eigenvalue weighted by Gasteiger charge is 2.19. The van der Waals surface area contributed by atoms with Gasteiger partial charge in [-0.05, 0) is 36.4 Å². The van der Waals surface area contributed by atoms with Crippen molar-refractivity contribution in [3.8, 4) is 23.5 Å². The van der Waals surface area contributed by atoms with Gasteiger partial charge in [0.05, 0.1) is 11.1 Å². The van der Waals surface area contributed by atoms with E-state index in [2.05, 4.69) is 15.5 Å². The van der Waals surface area contributed by atoms with E-state index < -0.39 is 0 Å². The molecule has 0 aliphatic heterocycles. The van der Waals surface area contributed by atoms with E-state index in [1.165, 1.54) is 0 Å². The smallest absolute Gasteiger partial charge is 0.271 e. The van der Waals surface area contributed by atoms with E-state index in [4.69, 9.17) is 14.9 Å². The Bertz CT molecular complexity index is 1120. The topological polar surface area (TPSA) is 118 Å². The molecule has 0 radical (unpaired) electrons. The van der Waals surface area contributed by atoms with Gasteiger partial charge in [0.15, 0.2) is 0 Å². The number of aromatic amines is 1. The predicted octanol–water partition coefficient (Wildman–Crippen LogP) is 3.68. The van der Waals surface area contributed by atoms with Gasteiger partial charge in [-0.3, -0.25) is 9.89 Å². The van der Waals surface area contributed by atoms with Crippen molar-refractivity contribution in [1.29, 1.82) is 10.5 Å². The highest BCUT2D eigenvalue weighted by Crippen LogP contribution is 2.25. The molecule has 2 N–H and O–H groups in total. The van der Waals surface area contributed by atoms with Crippen LogP contribution < -0.4 is 5.32 Å². The minimum atomic E-state index is -0.241. The van der Waals surface area contributed by atoms with Crippen LogP contribution in [0.2, 0.25) is 0 Å². The van der Waals surface area contributed by atoms with Crippen LogP contribution in [-0.2, 0) is 11.8 Å². The molecule has 1 amide bonds. The number of nitriles is 2. The Hall–Kier alpha value is -3.84. The number of carbonyl (C=O) groups excluding carboxylic acids is 1. The lowest BCUT2D eigenvalue weighted by molar-refractivity contribution is 0.0948. The molecule has 0 unspecified atom stereocenters. The second-order valence-corrected chi connectivity index (χ2v) is 7.67. The zero-order valence-electron chi connectivity index (χ0n) is 16.5. The van der Waals surface area contributed by atoms with Crippen molar-refractivity contribution in [2.75, 3.05) is 6.54 Å². The molecule has 2 aromatic heterocycles. The van der Waals surface area contributed by atoms with Crippen molar-refractivity contribution in [2.45, 2.75) is 32.6 Å². The first-order valence-electron chi connectivity index (χ1n) is 9.19. The Morgan fingerprint density at radius 1 is 1.14 bits per heavy atom. The Labute approximate surface area is 169 Å². The number of aromatic nitrogens is 2. The third-order valence-electron chi connectivity index (χ3n) is 4.48. The molecule has 1 aromatic carbocycles. The molecule has 0 saturated heterocycles. The zero-order valence-corrected chi connectivity index (χ0v) is 16.5. The average Bonchev–Trinajstić information content (AvgIpc) is 3.37. The van der Waals surface area contributed by atoms with Gasteiger partial charge < -0.3 is 9.73 Å². The second-order valence-electron chi connectivity index (χ2n) is 7.67. The largest absolute Gasteiger partial charge is 0.461 e. The van der Waals surface area contributed by atoms with E-state index in [-0.39, 0.29) is 11.3 Å². The van der Waals surface area contributed by atoms with Crippen LogP contribution in [0.3, 0.4) is 0 Å². The van der Waals surface area contributed by atoms with Crippen LogP contribution in [0, 0.1) is 22.7 Å². The van der Waals surface area contributed by atoms with Crippen molar-refractivity contribution in [2.24, 2.45) is 0 Å². The summed E-state index contributed by atoms with van der Waals surface area (Å²) in [6.45, 7) is 6.54. The first-order chi connectivity index (χ1) is 13.8. The first-order valence-corrected chi connectivity index (χ1v) is 9.19. The highest BCUT2D eigenvalue weighted by atomic mass is 16.3. The highest BCUT2D eigenvalue weighted by molar-refractivity contribution is 5.92. The molecular weight excluding hydrogens is 366 g/mol. The summed E-state index contributed by atoms with van der Waals surface area (Å²) in [5.74, 6) is 1.07. The molecule has 3 aromatic rings. The number of carbonyl (C=O) groups is 1. The van der Waals surface area contributed by atoms with E-state index in [9.17, 15) is 4.79 Å². The van der Waals surface area contributed by atoms with Gasteiger partial charge >= 0.3 is 0 Å². The number of nitrogens with one attached hydrogen (secondary N) is 2. The van der Waals surface area contributed by atoms with Gasteiger partial charge in [0.25, 0.3) is 5.91 Å². The third kappa shape index (κ3) is 4.53. The van der Waals surface area contributed by atoms with E-state index in [0.717, 1.165) is 11.3 Å². The zero-order chi connectivity index (χ0) is 21.0. The van der Waals surface area contributed by atoms with Gasteiger partial charge in [-0.2, -0.15) is 15.6 Å². The van der Waals surface area contributed by atoms with E-state index >= 15 is 0 Å². The summed E-state index contributed by atoms with van der Waals surface area (Å²) in [5.41, 5.74) is 2.52. The molecule has 2 heterocycles. The average molecular weight is 387 g/mol. The SMILES string of the molecule is CC(C)(C)c1cc(C(=O)NCCc2ccc(-c3ccc(C#N)c(C#N)c3)o2)n[nH]1. The van der Waals surface area contributed by atoms with Crippen LogP contribution in [0.15, 0.2) is 40.8 Å². The van der Waals surface area contributed by atoms with E-state index in [1.807, 2.05) is 45.0 Å². The number of hydrogen-bond donors (Lipinski definition) is 2. The van der Waals surface area contributed by atoms with Crippen LogP contribution in [0.4, 0.5) is 0 Å². The summed E-state index contributed by atoms with van der Waals surface area (Å²) in [6, 6.07) is 14.4. The van der Waals surface area contributed by atoms with Crippen LogP contribution in [0.25, 0.3) is 11.3 Å². The van der Waals surface area contributed by atoms with Gasteiger partial charge in [0.2, 0.25) is 0 Å². The van der Waals surface area contributed by atoms with Gasteiger partial charge in [-0.1, -0.05) is 20.8 Å². The van der Waals surface area contributed by atoms with Gasteiger partial charge in [0.1, 0.15) is 29.4 Å². The second kappa shape index (κ2) is 8.04. The third-order valence-corrected chi connectivity index (χ3v) is 4.48. The summed E-state index contributed by atoms with van der Waals surface area (Å²) in [6.07, 6.45) is 0.518. The fraction of sp³-hybridized carbons (Fsp3) is 0.273. The summed E-state index contributed by atoms with van der Waals surface area (Å²) < 4.78 is 5.81. The lowest BCUT2D eigenvalue weighted by Crippen LogP contribution is -2.25. The number of nitrogens with zero attached hydrogens (tertiary/aromatic N) is 3. The van der Waals surface area contributed by atoms with Crippen LogP contribution in [-0.4, -0.2) is 22.6 Å². The number of H-pyrrole nitrogens is 1. The van der Waals surface area contributed by atoms with Gasteiger partial charge in [0, 0.05) is 29.6 Å². The van der Waals surface area contributed by atoms with Crippen LogP contribution in [0.1, 0.15) is 53.8 Å². The van der Waals surface area contributed by atoms with Crippen molar-refractivity contribution in [3.05, 3.63) is 64.7 Å². The number of amides is 1. The molecule has 0 aliphatic carbocycles. The molecule has 0 atom stereocenters. The fourth-order valence-electron chi connectivity index (χ4n) is 2.77. The van der Waals surface area contributed by atoms with Gasteiger partial charge in [-0.15, -0.1) is 0 Å². The number of benzene rings is 1. The molecule has 0 spiro atoms. The van der Waals surface area contributed by atoms with Crippen molar-refractivity contribution in [1.82, 2.24) is 15.5 Å². The standard InChI is InChI=1S/C22H21N5O2/c1-22(2,3)20-11-18(26-27-20)21(28)25-9-8-17-6-7-19(29-17)14-4-5-15(12-23)16(10-14)13-24/h4-7,10-11H,8-9H2,1-3H3,(H,25,28)(H,26,27). The fourth-order valence-corrected chi connectivity index (χ4v) is 2.77. The maximum Gasteiger partial charge on any atom is 0.271 e. The lowest BCUT2D eigenvalue weighted by atomic mass is 9.92. The quantitative estimate of drug-likeness (QED) is 0.692. The molecule has 29 heavy (non-hydrogen) atoms. The Kier molecular flexibility index (Phi) is 5.52. The van der Waals surface area contributed by atoms with E-state index in [1.54, 1.807) is 24.3 Å². The molecule has 0 fully saturated rings. The summed E-state index contributed by atoms with van der Waals surface area (Å²) >= 11 is 0. The monoisotopic (exact) mass is 387 g/mol. The molecule has 0 bridgehead atoms. The molecular formula is C22H21N5O2. The normalized spacial score (nSPS) is 10.9. The molecule has 0 aliphatic rings. The molecule has 146 valence electrons. The lowest BCUT2D eigenvalue weighted by Gasteiger charge is -2.14. The summed E-state index contributed by atoms with van der Waals surface area (Å²) in [7, 11) is 0. The van der Waals surface area contributed by atoms with Crippen molar-refractivity contribution < 1.29 is 9.21 Å². The number of furan rings is 1. The Morgan fingerprint density at radius 3 is 2.55 bits per heavy atom. The maximum atomic E-state index is 12.3. The first kappa shape index (κ1) is 19.9. The van der Waals surface area contributed by atoms with Crippen molar-refractivity contribution in [3.63, 3.8) is 0 Å². The predicted molar refractivity (Wildman–Crippen MR) is 107 cm³/mol. The summed E-state index contributed by atoms with van der Waals surface area (Å²) in [4.78, 5) is 12.3. The van der Waals surface area contributed by atoms with E-state index in [0.29, 0.717) is 41.3 Å². The number of rotatable bonds is 5. The minimum absolute atomic E-state index is 0.104. The summed E-state index contributed by atoms with van der Waals surface area (Å²) in [5, 5.41) is 28.0.